The molecule has 5 nitrogen and oxygen atoms in total. The number of hydrogen-bond acceptors (Lipinski definition) is 5. The third kappa shape index (κ3) is 2.40. The minimum atomic E-state index is 0.750. The molecule has 2 aromatic rings. The quantitative estimate of drug-likeness (QED) is 0.867. The summed E-state index contributed by atoms with van der Waals surface area (Å²) in [6.07, 6.45) is 1.64. The van der Waals surface area contributed by atoms with Crippen molar-refractivity contribution in [1.82, 2.24) is 15.4 Å². The molecule has 0 aliphatic carbocycles. The number of furan rings is 1. The number of rotatable bonds is 3. The topological polar surface area (TPSA) is 54.4 Å². The molecule has 0 amide bonds. The van der Waals surface area contributed by atoms with Crippen LogP contribution in [0.1, 0.15) is 5.76 Å². The zero-order chi connectivity index (χ0) is 11.5. The van der Waals surface area contributed by atoms with Crippen molar-refractivity contribution in [3.05, 3.63) is 30.2 Å². The highest BCUT2D eigenvalue weighted by atomic mass is 16.5. The van der Waals surface area contributed by atoms with Crippen LogP contribution >= 0.6 is 0 Å². The van der Waals surface area contributed by atoms with Crippen molar-refractivity contribution in [2.45, 2.75) is 6.54 Å². The van der Waals surface area contributed by atoms with Gasteiger partial charge in [0.1, 0.15) is 5.69 Å². The Bertz CT molecular complexity index is 458. The van der Waals surface area contributed by atoms with Gasteiger partial charge in [0.15, 0.2) is 11.5 Å². The van der Waals surface area contributed by atoms with Crippen LogP contribution in [0.15, 0.2) is 33.4 Å². The van der Waals surface area contributed by atoms with Crippen molar-refractivity contribution in [2.75, 3.05) is 26.2 Å². The van der Waals surface area contributed by atoms with Gasteiger partial charge in [-0.15, -0.1) is 0 Å². The minimum Gasteiger partial charge on any atom is -0.463 e. The molecule has 1 N–H and O–H groups in total. The number of piperazine rings is 1. The Morgan fingerprint density at radius 1 is 1.35 bits per heavy atom. The summed E-state index contributed by atoms with van der Waals surface area (Å²) in [6, 6.07) is 5.67. The molecule has 0 saturated carbocycles. The van der Waals surface area contributed by atoms with Crippen LogP contribution in [-0.4, -0.2) is 36.2 Å². The Morgan fingerprint density at radius 2 is 2.24 bits per heavy atom. The van der Waals surface area contributed by atoms with E-state index in [0.717, 1.165) is 49.9 Å². The van der Waals surface area contributed by atoms with E-state index >= 15 is 0 Å². The van der Waals surface area contributed by atoms with Crippen LogP contribution in [0, 0.1) is 0 Å². The standard InChI is InChI=1S/C12H15N3O2/c1-2-12(16-7-1)11-8-10(17-14-11)9-15-5-3-13-4-6-15/h1-2,7-8,13H,3-6,9H2. The Hall–Kier alpha value is -1.59. The average molecular weight is 233 g/mol. The molecule has 5 heteroatoms. The summed E-state index contributed by atoms with van der Waals surface area (Å²) in [5.74, 6) is 1.64. The van der Waals surface area contributed by atoms with E-state index in [1.54, 1.807) is 6.26 Å². The lowest BCUT2D eigenvalue weighted by Crippen LogP contribution is -2.42. The van der Waals surface area contributed by atoms with Crippen LogP contribution in [-0.2, 0) is 6.54 Å². The first kappa shape index (κ1) is 10.6. The molecule has 0 spiro atoms. The Morgan fingerprint density at radius 3 is 3.00 bits per heavy atom. The maximum atomic E-state index is 5.32. The highest BCUT2D eigenvalue weighted by Crippen LogP contribution is 2.20. The number of aromatic nitrogens is 1. The number of nitrogens with zero attached hydrogens (tertiary/aromatic N) is 2. The molecule has 0 aromatic carbocycles. The largest absolute Gasteiger partial charge is 0.463 e. The number of hydrogen-bond donors (Lipinski definition) is 1. The molecule has 0 atom stereocenters. The summed E-state index contributed by atoms with van der Waals surface area (Å²) in [5.41, 5.74) is 0.764. The zero-order valence-electron chi connectivity index (χ0n) is 9.56. The molecule has 3 rings (SSSR count). The second-order valence-electron chi connectivity index (χ2n) is 4.18. The van der Waals surface area contributed by atoms with E-state index in [1.807, 2.05) is 18.2 Å². The highest BCUT2D eigenvalue weighted by Gasteiger charge is 2.14. The monoisotopic (exact) mass is 233 g/mol. The summed E-state index contributed by atoms with van der Waals surface area (Å²) in [4.78, 5) is 2.35. The molecular formula is C12H15N3O2. The maximum absolute atomic E-state index is 5.32. The Balaban J connectivity index is 1.68. The smallest absolute Gasteiger partial charge is 0.155 e. The van der Waals surface area contributed by atoms with Gasteiger partial charge in [0.2, 0.25) is 0 Å². The van der Waals surface area contributed by atoms with E-state index in [-0.39, 0.29) is 0 Å². The predicted molar refractivity (Wildman–Crippen MR) is 62.4 cm³/mol. The summed E-state index contributed by atoms with van der Waals surface area (Å²) >= 11 is 0. The fourth-order valence-corrected chi connectivity index (χ4v) is 2.02. The molecular weight excluding hydrogens is 218 g/mol. The van der Waals surface area contributed by atoms with Crippen LogP contribution in [0.3, 0.4) is 0 Å². The van der Waals surface area contributed by atoms with Crippen LogP contribution in [0.25, 0.3) is 11.5 Å². The van der Waals surface area contributed by atoms with Crippen LogP contribution < -0.4 is 5.32 Å². The molecule has 1 fully saturated rings. The van der Waals surface area contributed by atoms with E-state index < -0.39 is 0 Å². The van der Waals surface area contributed by atoms with E-state index in [9.17, 15) is 0 Å². The first-order chi connectivity index (χ1) is 8.42. The van der Waals surface area contributed by atoms with Crippen molar-refractivity contribution < 1.29 is 8.94 Å². The van der Waals surface area contributed by atoms with E-state index in [0.29, 0.717) is 0 Å². The SMILES string of the molecule is c1coc(-c2cc(CN3CCNCC3)on2)c1. The first-order valence-electron chi connectivity index (χ1n) is 5.84. The van der Waals surface area contributed by atoms with Gasteiger partial charge in [-0.2, -0.15) is 0 Å². The molecule has 90 valence electrons. The van der Waals surface area contributed by atoms with Gasteiger partial charge in [0, 0.05) is 32.2 Å². The van der Waals surface area contributed by atoms with Gasteiger partial charge in [-0.3, -0.25) is 4.90 Å². The molecule has 1 saturated heterocycles. The van der Waals surface area contributed by atoms with Crippen LogP contribution in [0.5, 0.6) is 0 Å². The van der Waals surface area contributed by atoms with Gasteiger partial charge in [-0.05, 0) is 12.1 Å². The van der Waals surface area contributed by atoms with E-state index in [4.69, 9.17) is 8.94 Å². The first-order valence-corrected chi connectivity index (χ1v) is 5.84. The van der Waals surface area contributed by atoms with E-state index in [2.05, 4.69) is 15.4 Å². The average Bonchev–Trinajstić information content (AvgIpc) is 3.00. The summed E-state index contributed by atoms with van der Waals surface area (Å²) < 4.78 is 10.6. The van der Waals surface area contributed by atoms with Crippen molar-refractivity contribution in [2.24, 2.45) is 0 Å². The summed E-state index contributed by atoms with van der Waals surface area (Å²) in [6.45, 7) is 5.00. The van der Waals surface area contributed by atoms with E-state index in [1.165, 1.54) is 0 Å². The molecule has 0 radical (unpaired) electrons. The fraction of sp³-hybridized carbons (Fsp3) is 0.417. The zero-order valence-corrected chi connectivity index (χ0v) is 9.56. The molecule has 1 aliphatic heterocycles. The minimum absolute atomic E-state index is 0.750. The molecule has 3 heterocycles. The molecule has 0 bridgehead atoms. The third-order valence-corrected chi connectivity index (χ3v) is 2.92. The molecule has 1 aliphatic rings. The summed E-state index contributed by atoms with van der Waals surface area (Å²) in [5, 5.41) is 7.34. The molecule has 2 aromatic heterocycles. The summed E-state index contributed by atoms with van der Waals surface area (Å²) in [7, 11) is 0. The van der Waals surface area contributed by atoms with Gasteiger partial charge in [-0.25, -0.2) is 0 Å². The highest BCUT2D eigenvalue weighted by molar-refractivity contribution is 5.50. The van der Waals surface area contributed by atoms with Gasteiger partial charge in [-0.1, -0.05) is 5.16 Å². The van der Waals surface area contributed by atoms with Crippen LogP contribution in [0.4, 0.5) is 0 Å². The normalized spacial score (nSPS) is 17.4. The fourth-order valence-electron chi connectivity index (χ4n) is 2.02. The van der Waals surface area contributed by atoms with Crippen molar-refractivity contribution in [3.63, 3.8) is 0 Å². The maximum Gasteiger partial charge on any atom is 0.155 e. The Kier molecular flexibility index (Phi) is 2.94. The third-order valence-electron chi connectivity index (χ3n) is 2.92. The predicted octanol–water partition coefficient (Wildman–Crippen LogP) is 1.34. The van der Waals surface area contributed by atoms with Gasteiger partial charge in [0.05, 0.1) is 12.8 Å². The van der Waals surface area contributed by atoms with Gasteiger partial charge < -0.3 is 14.3 Å². The van der Waals surface area contributed by atoms with Crippen molar-refractivity contribution >= 4 is 0 Å². The van der Waals surface area contributed by atoms with Crippen molar-refractivity contribution in [3.8, 4) is 11.5 Å². The second-order valence-corrected chi connectivity index (χ2v) is 4.18. The molecule has 17 heavy (non-hydrogen) atoms. The van der Waals surface area contributed by atoms with Gasteiger partial charge >= 0.3 is 0 Å². The van der Waals surface area contributed by atoms with Gasteiger partial charge in [0.25, 0.3) is 0 Å². The van der Waals surface area contributed by atoms with Crippen LogP contribution in [0.2, 0.25) is 0 Å². The van der Waals surface area contributed by atoms with Crippen molar-refractivity contribution in [1.29, 1.82) is 0 Å². The number of nitrogens with one attached hydrogen (secondary N) is 1. The lowest BCUT2D eigenvalue weighted by atomic mass is 10.3. The Labute approximate surface area is 99.4 Å². The lowest BCUT2D eigenvalue weighted by molar-refractivity contribution is 0.207. The second kappa shape index (κ2) is 4.73. The molecule has 0 unspecified atom stereocenters. The lowest BCUT2D eigenvalue weighted by Gasteiger charge is -2.25.